The van der Waals surface area contributed by atoms with Crippen molar-refractivity contribution in [2.24, 2.45) is 0 Å². The highest BCUT2D eigenvalue weighted by Gasteiger charge is 2.25. The highest BCUT2D eigenvalue weighted by Crippen LogP contribution is 2.21. The van der Waals surface area contributed by atoms with E-state index in [1.807, 2.05) is 0 Å². The maximum absolute atomic E-state index is 12.7. The van der Waals surface area contributed by atoms with Crippen LogP contribution < -0.4 is 15.4 Å². The number of nitrogens with one attached hydrogen (secondary N) is 2. The number of anilines is 1. The lowest BCUT2D eigenvalue weighted by Crippen LogP contribution is -2.36. The van der Waals surface area contributed by atoms with Gasteiger partial charge in [-0.25, -0.2) is 8.42 Å². The molecule has 2 aromatic rings. The second kappa shape index (κ2) is 10.4. The van der Waals surface area contributed by atoms with E-state index in [1.54, 1.807) is 48.5 Å². The summed E-state index contributed by atoms with van der Waals surface area (Å²) >= 11 is 0. The number of carbonyl (C=O) groups is 2. The molecule has 1 saturated heterocycles. The van der Waals surface area contributed by atoms with E-state index < -0.39 is 21.8 Å². The summed E-state index contributed by atoms with van der Waals surface area (Å²) in [5.74, 6) is -0.938. The molecule has 0 saturated carbocycles. The van der Waals surface area contributed by atoms with Crippen LogP contribution in [0.4, 0.5) is 5.69 Å². The molecule has 166 valence electrons. The Balaban J connectivity index is 1.48. The van der Waals surface area contributed by atoms with Gasteiger partial charge < -0.3 is 15.4 Å². The van der Waals surface area contributed by atoms with Gasteiger partial charge in [0.05, 0.1) is 12.0 Å². The molecular weight excluding hydrogens is 418 g/mol. The van der Waals surface area contributed by atoms with Crippen molar-refractivity contribution in [2.45, 2.75) is 30.6 Å². The first-order valence-corrected chi connectivity index (χ1v) is 11.7. The zero-order valence-corrected chi connectivity index (χ0v) is 18.3. The molecule has 2 N–H and O–H groups in total. The maximum atomic E-state index is 12.7. The first-order valence-electron chi connectivity index (χ1n) is 10.2. The summed E-state index contributed by atoms with van der Waals surface area (Å²) in [5, 5.41) is 5.09. The second-order valence-corrected chi connectivity index (χ2v) is 9.24. The van der Waals surface area contributed by atoms with Crippen LogP contribution in [0.5, 0.6) is 5.75 Å². The molecule has 2 amide bonds. The highest BCUT2D eigenvalue weighted by atomic mass is 32.2. The molecule has 1 heterocycles. The first kappa shape index (κ1) is 22.8. The molecule has 0 spiro atoms. The minimum atomic E-state index is -3.46. The summed E-state index contributed by atoms with van der Waals surface area (Å²) in [6.45, 7) is 1.38. The molecule has 0 atom stereocenters. The minimum absolute atomic E-state index is 0.253. The van der Waals surface area contributed by atoms with Gasteiger partial charge in [-0.3, -0.25) is 9.59 Å². The third kappa shape index (κ3) is 6.05. The van der Waals surface area contributed by atoms with Crippen LogP contribution in [-0.4, -0.2) is 51.3 Å². The Morgan fingerprint density at radius 2 is 1.71 bits per heavy atom. The van der Waals surface area contributed by atoms with Gasteiger partial charge in [-0.2, -0.15) is 4.31 Å². The number of benzene rings is 2. The Labute approximate surface area is 182 Å². The number of amides is 2. The summed E-state index contributed by atoms with van der Waals surface area (Å²) in [6.07, 6.45) is 3.32. The lowest BCUT2D eigenvalue weighted by atomic mass is 10.1. The number of hydrogen-bond acceptors (Lipinski definition) is 5. The number of sulfonamides is 1. The number of methoxy groups -OCH3 is 1. The fourth-order valence-electron chi connectivity index (χ4n) is 3.37. The first-order chi connectivity index (χ1) is 14.9. The number of hydrogen-bond donors (Lipinski definition) is 2. The van der Waals surface area contributed by atoms with Crippen molar-refractivity contribution in [1.82, 2.24) is 9.62 Å². The zero-order valence-electron chi connectivity index (χ0n) is 17.5. The normalized spacial score (nSPS) is 14.6. The summed E-state index contributed by atoms with van der Waals surface area (Å²) in [7, 11) is -1.94. The SMILES string of the molecule is COc1cccc(NC(=O)C(=O)NCCc2ccc(S(=O)(=O)N3CCCCC3)cc2)c1. The van der Waals surface area contributed by atoms with Crippen LogP contribution in [0.2, 0.25) is 0 Å². The topological polar surface area (TPSA) is 105 Å². The van der Waals surface area contributed by atoms with Gasteiger partial charge in [-0.15, -0.1) is 0 Å². The van der Waals surface area contributed by atoms with Crippen LogP contribution in [0.1, 0.15) is 24.8 Å². The summed E-state index contributed by atoms with van der Waals surface area (Å²) in [6, 6.07) is 13.4. The highest BCUT2D eigenvalue weighted by molar-refractivity contribution is 7.89. The van der Waals surface area contributed by atoms with Crippen molar-refractivity contribution in [3.8, 4) is 5.75 Å². The van der Waals surface area contributed by atoms with Crippen molar-refractivity contribution in [2.75, 3.05) is 32.1 Å². The van der Waals surface area contributed by atoms with Crippen molar-refractivity contribution in [1.29, 1.82) is 0 Å². The van der Waals surface area contributed by atoms with Crippen molar-refractivity contribution in [3.63, 3.8) is 0 Å². The van der Waals surface area contributed by atoms with E-state index in [9.17, 15) is 18.0 Å². The lowest BCUT2D eigenvalue weighted by Gasteiger charge is -2.25. The van der Waals surface area contributed by atoms with E-state index in [-0.39, 0.29) is 11.4 Å². The Morgan fingerprint density at radius 1 is 1.00 bits per heavy atom. The van der Waals surface area contributed by atoms with Crippen molar-refractivity contribution < 1.29 is 22.7 Å². The largest absolute Gasteiger partial charge is 0.497 e. The fraction of sp³-hybridized carbons (Fsp3) is 0.364. The molecule has 9 heteroatoms. The predicted octanol–water partition coefficient (Wildman–Crippen LogP) is 2.17. The Morgan fingerprint density at radius 3 is 2.39 bits per heavy atom. The van der Waals surface area contributed by atoms with Crippen LogP contribution in [0.15, 0.2) is 53.4 Å². The molecule has 0 bridgehead atoms. The average molecular weight is 446 g/mol. The smallest absolute Gasteiger partial charge is 0.313 e. The van der Waals surface area contributed by atoms with Gasteiger partial charge in [0.2, 0.25) is 10.0 Å². The van der Waals surface area contributed by atoms with Gasteiger partial charge in [0.25, 0.3) is 0 Å². The van der Waals surface area contributed by atoms with Crippen molar-refractivity contribution in [3.05, 3.63) is 54.1 Å². The monoisotopic (exact) mass is 445 g/mol. The van der Waals surface area contributed by atoms with Gasteiger partial charge >= 0.3 is 11.8 Å². The molecule has 31 heavy (non-hydrogen) atoms. The van der Waals surface area contributed by atoms with Crippen LogP contribution in [0, 0.1) is 0 Å². The van der Waals surface area contributed by atoms with E-state index in [0.29, 0.717) is 30.9 Å². The molecule has 2 aromatic carbocycles. The minimum Gasteiger partial charge on any atom is -0.497 e. The quantitative estimate of drug-likeness (QED) is 0.636. The third-order valence-corrected chi connectivity index (χ3v) is 7.02. The molecular formula is C22H27N3O5S. The predicted molar refractivity (Wildman–Crippen MR) is 117 cm³/mol. The van der Waals surface area contributed by atoms with Gasteiger partial charge in [-0.05, 0) is 49.1 Å². The molecule has 0 aromatic heterocycles. The van der Waals surface area contributed by atoms with Crippen LogP contribution >= 0.6 is 0 Å². The zero-order chi connectivity index (χ0) is 22.3. The molecule has 0 unspecified atom stereocenters. The third-order valence-electron chi connectivity index (χ3n) is 5.11. The lowest BCUT2D eigenvalue weighted by molar-refractivity contribution is -0.136. The number of nitrogens with zero attached hydrogens (tertiary/aromatic N) is 1. The van der Waals surface area contributed by atoms with Crippen molar-refractivity contribution >= 4 is 27.5 Å². The molecule has 8 nitrogen and oxygen atoms in total. The number of ether oxygens (including phenoxy) is 1. The average Bonchev–Trinajstić information content (AvgIpc) is 2.80. The van der Waals surface area contributed by atoms with Crippen LogP contribution in [-0.2, 0) is 26.0 Å². The van der Waals surface area contributed by atoms with Gasteiger partial charge in [0, 0.05) is 31.4 Å². The van der Waals surface area contributed by atoms with Gasteiger partial charge in [-0.1, -0.05) is 24.6 Å². The molecule has 1 fully saturated rings. The Hall–Kier alpha value is -2.91. The number of rotatable bonds is 7. The molecule has 1 aliphatic heterocycles. The van der Waals surface area contributed by atoms with E-state index in [1.165, 1.54) is 11.4 Å². The van der Waals surface area contributed by atoms with Crippen LogP contribution in [0.25, 0.3) is 0 Å². The summed E-state index contributed by atoms with van der Waals surface area (Å²) in [4.78, 5) is 24.3. The fourth-order valence-corrected chi connectivity index (χ4v) is 4.89. The molecule has 1 aliphatic rings. The number of piperidine rings is 1. The second-order valence-electron chi connectivity index (χ2n) is 7.30. The standard InChI is InChI=1S/C22H27N3O5S/c1-30-19-7-5-6-18(16-19)24-22(27)21(26)23-13-12-17-8-10-20(11-9-17)31(28,29)25-14-3-2-4-15-25/h5-11,16H,2-4,12-15H2,1H3,(H,23,26)(H,24,27). The molecule has 3 rings (SSSR count). The molecule has 0 aliphatic carbocycles. The number of carbonyl (C=O) groups excluding carboxylic acids is 2. The molecule has 0 radical (unpaired) electrons. The maximum Gasteiger partial charge on any atom is 0.313 e. The van der Waals surface area contributed by atoms with E-state index in [2.05, 4.69) is 10.6 Å². The summed E-state index contributed by atoms with van der Waals surface area (Å²) < 4.78 is 32.0. The van der Waals surface area contributed by atoms with Gasteiger partial charge in [0.1, 0.15) is 5.75 Å². The van der Waals surface area contributed by atoms with Crippen LogP contribution in [0.3, 0.4) is 0 Å². The van der Waals surface area contributed by atoms with Gasteiger partial charge in [0.15, 0.2) is 0 Å². The van der Waals surface area contributed by atoms with E-state index in [0.717, 1.165) is 24.8 Å². The Kier molecular flexibility index (Phi) is 7.64. The van der Waals surface area contributed by atoms with E-state index >= 15 is 0 Å². The Bertz CT molecular complexity index is 1020. The van der Waals surface area contributed by atoms with E-state index in [4.69, 9.17) is 4.74 Å². The summed E-state index contributed by atoms with van der Waals surface area (Å²) in [5.41, 5.74) is 1.33.